The second-order valence-corrected chi connectivity index (χ2v) is 8.14. The maximum Gasteiger partial charge on any atom is 0.143 e. The van der Waals surface area contributed by atoms with E-state index in [1.54, 1.807) is 0 Å². The van der Waals surface area contributed by atoms with E-state index in [1.807, 2.05) is 6.07 Å². The Morgan fingerprint density at radius 3 is 2.00 bits per heavy atom. The van der Waals surface area contributed by atoms with Crippen molar-refractivity contribution in [2.45, 2.75) is 0 Å². The quantitative estimate of drug-likeness (QED) is 0.254. The summed E-state index contributed by atoms with van der Waals surface area (Å²) in [4.78, 5) is 0. The van der Waals surface area contributed by atoms with Gasteiger partial charge in [-0.15, -0.1) is 0 Å². The molecule has 7 rings (SSSR count). The smallest absolute Gasteiger partial charge is 0.143 e. The number of hydrogen-bond acceptors (Lipinski definition) is 1. The minimum atomic E-state index is 0.935. The second-order valence-electron chi connectivity index (χ2n) is 8.14. The molecule has 0 aliphatic rings. The van der Waals surface area contributed by atoms with Gasteiger partial charge in [0.05, 0.1) is 0 Å². The highest BCUT2D eigenvalue weighted by molar-refractivity contribution is 6.26. The summed E-state index contributed by atoms with van der Waals surface area (Å²) >= 11 is 0. The first-order chi connectivity index (χ1) is 15.4. The molecule has 0 spiro atoms. The predicted molar refractivity (Wildman–Crippen MR) is 132 cm³/mol. The van der Waals surface area contributed by atoms with Gasteiger partial charge in [0.25, 0.3) is 0 Å². The molecule has 0 saturated heterocycles. The molecule has 0 aliphatic carbocycles. The van der Waals surface area contributed by atoms with Crippen LogP contribution < -0.4 is 0 Å². The molecule has 0 unspecified atom stereocenters. The third kappa shape index (κ3) is 2.32. The first-order valence-corrected chi connectivity index (χ1v) is 10.6. The van der Waals surface area contributed by atoms with Crippen molar-refractivity contribution in [1.29, 1.82) is 0 Å². The SMILES string of the molecule is c1ccc2c(-c3cc4ccccc4c4c3ccc3c5ccccc5oc34)cccc2c1. The lowest BCUT2D eigenvalue weighted by Gasteiger charge is -2.13. The fraction of sp³-hybridized carbons (Fsp3) is 0. The molecule has 31 heavy (non-hydrogen) atoms. The Kier molecular flexibility index (Phi) is 3.33. The van der Waals surface area contributed by atoms with Crippen LogP contribution >= 0.6 is 0 Å². The van der Waals surface area contributed by atoms with E-state index in [2.05, 4.69) is 103 Å². The summed E-state index contributed by atoms with van der Waals surface area (Å²) in [5.74, 6) is 0. The Morgan fingerprint density at radius 1 is 0.419 bits per heavy atom. The van der Waals surface area contributed by atoms with Gasteiger partial charge in [0, 0.05) is 16.2 Å². The van der Waals surface area contributed by atoms with Crippen molar-refractivity contribution in [3.05, 3.63) is 109 Å². The van der Waals surface area contributed by atoms with Crippen LogP contribution in [0.5, 0.6) is 0 Å². The topological polar surface area (TPSA) is 13.1 Å². The van der Waals surface area contributed by atoms with E-state index in [1.165, 1.54) is 54.2 Å². The fourth-order valence-electron chi connectivity index (χ4n) is 5.05. The highest BCUT2D eigenvalue weighted by atomic mass is 16.3. The van der Waals surface area contributed by atoms with Gasteiger partial charge in [-0.1, -0.05) is 91.0 Å². The average Bonchev–Trinajstić information content (AvgIpc) is 3.22. The van der Waals surface area contributed by atoms with Crippen LogP contribution in [-0.4, -0.2) is 0 Å². The van der Waals surface area contributed by atoms with E-state index in [0.29, 0.717) is 0 Å². The van der Waals surface area contributed by atoms with Gasteiger partial charge in [0.15, 0.2) is 0 Å². The molecule has 0 atom stereocenters. The zero-order chi connectivity index (χ0) is 20.4. The molecule has 1 aromatic heterocycles. The van der Waals surface area contributed by atoms with Crippen LogP contribution in [0.2, 0.25) is 0 Å². The molecule has 0 saturated carbocycles. The fourth-order valence-corrected chi connectivity index (χ4v) is 5.05. The Bertz CT molecular complexity index is 1780. The van der Waals surface area contributed by atoms with Crippen molar-refractivity contribution < 1.29 is 4.42 Å². The second kappa shape index (κ2) is 6.20. The number of rotatable bonds is 1. The van der Waals surface area contributed by atoms with E-state index in [-0.39, 0.29) is 0 Å². The zero-order valence-corrected chi connectivity index (χ0v) is 16.8. The standard InChI is InChI=1S/C30H18O/c1-3-11-21-19(8-1)10-7-14-23(21)27-18-20-9-2-4-12-22(20)29-25(27)16-17-26-24-13-5-6-15-28(24)31-30(26)29/h1-18H. The molecule has 0 fully saturated rings. The monoisotopic (exact) mass is 394 g/mol. The molecule has 0 N–H and O–H groups in total. The zero-order valence-electron chi connectivity index (χ0n) is 16.8. The number of furan rings is 1. The lowest BCUT2D eigenvalue weighted by atomic mass is 9.90. The van der Waals surface area contributed by atoms with E-state index in [4.69, 9.17) is 4.42 Å². The summed E-state index contributed by atoms with van der Waals surface area (Å²) in [5.41, 5.74) is 4.40. The predicted octanol–water partition coefficient (Wildman–Crippen LogP) is 8.71. The molecule has 0 aliphatic heterocycles. The Hall–Kier alpha value is -4.10. The molecular weight excluding hydrogens is 376 g/mol. The number of hydrogen-bond donors (Lipinski definition) is 0. The summed E-state index contributed by atoms with van der Waals surface area (Å²) in [5, 5.41) is 9.73. The van der Waals surface area contributed by atoms with Crippen LogP contribution in [-0.2, 0) is 0 Å². The van der Waals surface area contributed by atoms with Crippen LogP contribution in [0.4, 0.5) is 0 Å². The molecule has 7 aromatic rings. The number of fused-ring (bicyclic) bond motifs is 8. The van der Waals surface area contributed by atoms with Gasteiger partial charge in [0.1, 0.15) is 11.2 Å². The van der Waals surface area contributed by atoms with Crippen LogP contribution in [0.15, 0.2) is 114 Å². The highest BCUT2D eigenvalue weighted by Gasteiger charge is 2.16. The maximum absolute atomic E-state index is 6.45. The van der Waals surface area contributed by atoms with Crippen molar-refractivity contribution in [2.75, 3.05) is 0 Å². The van der Waals surface area contributed by atoms with Crippen molar-refractivity contribution in [2.24, 2.45) is 0 Å². The molecule has 6 aromatic carbocycles. The lowest BCUT2D eigenvalue weighted by Crippen LogP contribution is -1.87. The normalized spacial score (nSPS) is 11.9. The Balaban J connectivity index is 1.73. The van der Waals surface area contributed by atoms with Gasteiger partial charge in [-0.25, -0.2) is 0 Å². The molecule has 0 bridgehead atoms. The first-order valence-electron chi connectivity index (χ1n) is 10.6. The van der Waals surface area contributed by atoms with Crippen LogP contribution in [0, 0.1) is 0 Å². The molecule has 1 heteroatoms. The van der Waals surface area contributed by atoms with Gasteiger partial charge in [-0.3, -0.25) is 0 Å². The van der Waals surface area contributed by atoms with E-state index < -0.39 is 0 Å². The summed E-state index contributed by atoms with van der Waals surface area (Å²) in [6.07, 6.45) is 0. The highest BCUT2D eigenvalue weighted by Crippen LogP contribution is 2.43. The third-order valence-corrected chi connectivity index (χ3v) is 6.45. The minimum absolute atomic E-state index is 0.935. The first kappa shape index (κ1) is 16.7. The van der Waals surface area contributed by atoms with Gasteiger partial charge in [-0.2, -0.15) is 0 Å². The Labute approximate surface area is 179 Å². The largest absolute Gasteiger partial charge is 0.455 e. The van der Waals surface area contributed by atoms with Crippen molar-refractivity contribution in [3.8, 4) is 11.1 Å². The van der Waals surface area contributed by atoms with Gasteiger partial charge >= 0.3 is 0 Å². The van der Waals surface area contributed by atoms with Crippen LogP contribution in [0.3, 0.4) is 0 Å². The minimum Gasteiger partial charge on any atom is -0.455 e. The molecule has 0 amide bonds. The van der Waals surface area contributed by atoms with Crippen LogP contribution in [0.25, 0.3) is 65.4 Å². The van der Waals surface area contributed by atoms with Gasteiger partial charge in [0.2, 0.25) is 0 Å². The number of para-hydroxylation sites is 1. The lowest BCUT2D eigenvalue weighted by molar-refractivity contribution is 0.673. The van der Waals surface area contributed by atoms with Crippen molar-refractivity contribution >= 4 is 54.3 Å². The summed E-state index contributed by atoms with van der Waals surface area (Å²) in [7, 11) is 0. The molecule has 1 heterocycles. The molecular formula is C30H18O. The summed E-state index contributed by atoms with van der Waals surface area (Å²) < 4.78 is 6.45. The van der Waals surface area contributed by atoms with Gasteiger partial charge < -0.3 is 4.42 Å². The van der Waals surface area contributed by atoms with Crippen LogP contribution in [0.1, 0.15) is 0 Å². The van der Waals surface area contributed by atoms with E-state index in [0.717, 1.165) is 11.2 Å². The third-order valence-electron chi connectivity index (χ3n) is 6.45. The average molecular weight is 394 g/mol. The molecule has 144 valence electrons. The molecule has 1 nitrogen and oxygen atoms in total. The number of benzene rings is 6. The summed E-state index contributed by atoms with van der Waals surface area (Å²) in [6.45, 7) is 0. The molecule has 0 radical (unpaired) electrons. The van der Waals surface area contributed by atoms with Crippen molar-refractivity contribution in [1.82, 2.24) is 0 Å². The van der Waals surface area contributed by atoms with E-state index >= 15 is 0 Å². The Morgan fingerprint density at radius 2 is 1.10 bits per heavy atom. The van der Waals surface area contributed by atoms with E-state index in [9.17, 15) is 0 Å². The summed E-state index contributed by atoms with van der Waals surface area (Å²) in [6, 6.07) is 38.9. The maximum atomic E-state index is 6.45. The van der Waals surface area contributed by atoms with Crippen molar-refractivity contribution in [3.63, 3.8) is 0 Å². The van der Waals surface area contributed by atoms with Gasteiger partial charge in [-0.05, 0) is 56.3 Å².